The third kappa shape index (κ3) is 3.93. The number of hydrogen-bond donors (Lipinski definition) is 1. The van der Waals surface area contributed by atoms with Crippen molar-refractivity contribution in [2.45, 2.75) is 38.6 Å². The van der Waals surface area contributed by atoms with Crippen molar-refractivity contribution in [3.05, 3.63) is 41.2 Å². The summed E-state index contributed by atoms with van der Waals surface area (Å²) >= 11 is 0. The van der Waals surface area contributed by atoms with Crippen LogP contribution in [0.5, 0.6) is 0 Å². The lowest BCUT2D eigenvalue weighted by molar-refractivity contribution is 0.0660. The Labute approximate surface area is 146 Å². The fourth-order valence-electron chi connectivity index (χ4n) is 2.95. The predicted octanol–water partition coefficient (Wildman–Crippen LogP) is 3.02. The molecule has 0 radical (unpaired) electrons. The van der Waals surface area contributed by atoms with Gasteiger partial charge in [0.15, 0.2) is 5.82 Å². The first kappa shape index (κ1) is 17.3. The molecule has 2 aromatic heterocycles. The van der Waals surface area contributed by atoms with E-state index < -0.39 is 5.97 Å². The fourth-order valence-corrected chi connectivity index (χ4v) is 2.95. The van der Waals surface area contributed by atoms with Crippen LogP contribution in [0.1, 0.15) is 66.2 Å². The second-order valence-corrected chi connectivity index (χ2v) is 6.36. The average Bonchev–Trinajstić information content (AvgIpc) is 3.09. The van der Waals surface area contributed by atoms with Gasteiger partial charge in [0.05, 0.1) is 23.0 Å². The lowest BCUT2D eigenvalue weighted by Gasteiger charge is -2.23. The molecule has 7 nitrogen and oxygen atoms in total. The van der Waals surface area contributed by atoms with Crippen molar-refractivity contribution in [2.75, 3.05) is 13.2 Å². The Morgan fingerprint density at radius 1 is 1.36 bits per heavy atom. The van der Waals surface area contributed by atoms with Gasteiger partial charge in [-0.3, -0.25) is 4.68 Å². The number of nitrogens with zero attached hydrogens (tertiary/aromatic N) is 4. The SMILES string of the molecule is CC(C)c1nc(C=Cc2ccnn2C2CCOCC2)ncc1C(=O)O. The molecule has 0 spiro atoms. The second-order valence-electron chi connectivity index (χ2n) is 6.36. The molecule has 1 N–H and O–H groups in total. The molecule has 0 aliphatic carbocycles. The molecular weight excluding hydrogens is 320 g/mol. The Kier molecular flexibility index (Phi) is 5.23. The van der Waals surface area contributed by atoms with Crippen molar-refractivity contribution < 1.29 is 14.6 Å². The van der Waals surface area contributed by atoms with Crippen LogP contribution in [0.2, 0.25) is 0 Å². The number of rotatable bonds is 5. The summed E-state index contributed by atoms with van der Waals surface area (Å²) < 4.78 is 7.41. The molecule has 3 heterocycles. The van der Waals surface area contributed by atoms with E-state index >= 15 is 0 Å². The quantitative estimate of drug-likeness (QED) is 0.898. The lowest BCUT2D eigenvalue weighted by atomic mass is 10.1. The Balaban J connectivity index is 1.84. The molecule has 25 heavy (non-hydrogen) atoms. The van der Waals surface area contributed by atoms with Gasteiger partial charge in [-0.1, -0.05) is 13.8 Å². The van der Waals surface area contributed by atoms with Gasteiger partial charge in [0, 0.05) is 25.6 Å². The van der Waals surface area contributed by atoms with E-state index in [-0.39, 0.29) is 11.5 Å². The Morgan fingerprint density at radius 3 is 2.80 bits per heavy atom. The molecule has 0 atom stereocenters. The van der Waals surface area contributed by atoms with Gasteiger partial charge in [-0.05, 0) is 37.0 Å². The number of carbonyl (C=O) groups is 1. The number of aromatic carboxylic acids is 1. The van der Waals surface area contributed by atoms with Gasteiger partial charge in [-0.15, -0.1) is 0 Å². The standard InChI is InChI=1S/C18H22N4O3/c1-12(2)17-15(18(23)24)11-19-16(21-17)4-3-13-5-8-20-22(13)14-6-9-25-10-7-14/h3-5,8,11-12,14H,6-7,9-10H2,1-2H3,(H,23,24). The molecule has 3 rings (SSSR count). The average molecular weight is 342 g/mol. The maximum atomic E-state index is 11.3. The van der Waals surface area contributed by atoms with Gasteiger partial charge >= 0.3 is 5.97 Å². The van der Waals surface area contributed by atoms with E-state index in [1.165, 1.54) is 6.20 Å². The summed E-state index contributed by atoms with van der Waals surface area (Å²) in [6.45, 7) is 5.35. The van der Waals surface area contributed by atoms with Gasteiger partial charge in [0.2, 0.25) is 0 Å². The third-order valence-corrected chi connectivity index (χ3v) is 4.25. The third-order valence-electron chi connectivity index (χ3n) is 4.25. The molecule has 0 aromatic carbocycles. The van der Waals surface area contributed by atoms with E-state index in [2.05, 4.69) is 15.1 Å². The predicted molar refractivity (Wildman–Crippen MR) is 93.3 cm³/mol. The zero-order chi connectivity index (χ0) is 17.8. The van der Waals surface area contributed by atoms with Crippen LogP contribution in [0.3, 0.4) is 0 Å². The van der Waals surface area contributed by atoms with Gasteiger partial charge in [-0.25, -0.2) is 14.8 Å². The van der Waals surface area contributed by atoms with Crippen molar-refractivity contribution >= 4 is 18.1 Å². The zero-order valence-electron chi connectivity index (χ0n) is 14.4. The summed E-state index contributed by atoms with van der Waals surface area (Å²) in [6, 6.07) is 2.28. The molecule has 1 fully saturated rings. The van der Waals surface area contributed by atoms with Crippen LogP contribution in [0.15, 0.2) is 18.5 Å². The fraction of sp³-hybridized carbons (Fsp3) is 0.444. The summed E-state index contributed by atoms with van der Waals surface area (Å²) in [6.07, 6.45) is 8.77. The normalized spacial score (nSPS) is 16.0. The van der Waals surface area contributed by atoms with Crippen molar-refractivity contribution in [2.24, 2.45) is 0 Å². The Morgan fingerprint density at radius 2 is 2.12 bits per heavy atom. The molecule has 7 heteroatoms. The second kappa shape index (κ2) is 7.57. The van der Waals surface area contributed by atoms with Crippen LogP contribution in [-0.2, 0) is 4.74 Å². The first-order chi connectivity index (χ1) is 12.1. The molecule has 2 aromatic rings. The minimum atomic E-state index is -1.00. The number of carboxylic acid groups (broad SMARTS) is 1. The molecule has 0 unspecified atom stereocenters. The molecule has 1 aliphatic rings. The van der Waals surface area contributed by atoms with Crippen molar-refractivity contribution in [1.82, 2.24) is 19.7 Å². The van der Waals surface area contributed by atoms with Crippen molar-refractivity contribution in [3.63, 3.8) is 0 Å². The Bertz CT molecular complexity index is 776. The molecule has 132 valence electrons. The van der Waals surface area contributed by atoms with Crippen LogP contribution in [0.4, 0.5) is 0 Å². The molecule has 1 saturated heterocycles. The minimum Gasteiger partial charge on any atom is -0.478 e. The van der Waals surface area contributed by atoms with Gasteiger partial charge in [0.1, 0.15) is 0 Å². The van der Waals surface area contributed by atoms with Crippen LogP contribution in [0, 0.1) is 0 Å². The van der Waals surface area contributed by atoms with E-state index in [0.29, 0.717) is 17.6 Å². The first-order valence-electron chi connectivity index (χ1n) is 8.46. The maximum Gasteiger partial charge on any atom is 0.339 e. The zero-order valence-corrected chi connectivity index (χ0v) is 14.4. The molecule has 0 amide bonds. The number of aromatic nitrogens is 4. The van der Waals surface area contributed by atoms with Crippen molar-refractivity contribution in [1.29, 1.82) is 0 Å². The van der Waals surface area contributed by atoms with E-state index in [0.717, 1.165) is 31.7 Å². The van der Waals surface area contributed by atoms with Gasteiger partial charge in [0.25, 0.3) is 0 Å². The summed E-state index contributed by atoms with van der Waals surface area (Å²) in [5.74, 6) is -0.501. The highest BCUT2D eigenvalue weighted by Gasteiger charge is 2.18. The molecule has 1 aliphatic heterocycles. The monoisotopic (exact) mass is 342 g/mol. The Hall–Kier alpha value is -2.54. The lowest BCUT2D eigenvalue weighted by Crippen LogP contribution is -2.21. The number of ether oxygens (including phenoxy) is 1. The van der Waals surface area contributed by atoms with Crippen molar-refractivity contribution in [3.8, 4) is 0 Å². The summed E-state index contributed by atoms with van der Waals surface area (Å²) in [5, 5.41) is 13.7. The smallest absolute Gasteiger partial charge is 0.339 e. The molecule has 0 bridgehead atoms. The number of carboxylic acids is 1. The van der Waals surface area contributed by atoms with E-state index in [1.54, 1.807) is 12.3 Å². The van der Waals surface area contributed by atoms with E-state index in [1.807, 2.05) is 30.7 Å². The largest absolute Gasteiger partial charge is 0.478 e. The van der Waals surface area contributed by atoms with Crippen LogP contribution in [-0.4, -0.2) is 44.0 Å². The van der Waals surface area contributed by atoms with Crippen LogP contribution >= 0.6 is 0 Å². The van der Waals surface area contributed by atoms with Crippen LogP contribution < -0.4 is 0 Å². The minimum absolute atomic E-state index is 0.00835. The summed E-state index contributed by atoms with van der Waals surface area (Å²) in [4.78, 5) is 19.8. The van der Waals surface area contributed by atoms with E-state index in [9.17, 15) is 9.90 Å². The summed E-state index contributed by atoms with van der Waals surface area (Å²) in [5.41, 5.74) is 1.67. The molecule has 0 saturated carbocycles. The van der Waals surface area contributed by atoms with Gasteiger partial charge in [-0.2, -0.15) is 5.10 Å². The van der Waals surface area contributed by atoms with Gasteiger partial charge < -0.3 is 9.84 Å². The van der Waals surface area contributed by atoms with Crippen LogP contribution in [0.25, 0.3) is 12.2 Å². The topological polar surface area (TPSA) is 90.1 Å². The molecular formula is C18H22N4O3. The highest BCUT2D eigenvalue weighted by molar-refractivity contribution is 5.88. The highest BCUT2D eigenvalue weighted by Crippen LogP contribution is 2.23. The maximum absolute atomic E-state index is 11.3. The number of hydrogen-bond acceptors (Lipinski definition) is 5. The first-order valence-corrected chi connectivity index (χ1v) is 8.46. The van der Waals surface area contributed by atoms with E-state index in [4.69, 9.17) is 4.74 Å². The summed E-state index contributed by atoms with van der Waals surface area (Å²) in [7, 11) is 0. The highest BCUT2D eigenvalue weighted by atomic mass is 16.5.